The highest BCUT2D eigenvalue weighted by Gasteiger charge is 2.36. The molecule has 0 aliphatic heterocycles. The highest BCUT2D eigenvalue weighted by atomic mass is 35.5. The van der Waals surface area contributed by atoms with Gasteiger partial charge in [-0.15, -0.1) is 0 Å². The summed E-state index contributed by atoms with van der Waals surface area (Å²) >= 11 is 5.61. The number of anilines is 1. The van der Waals surface area contributed by atoms with Crippen LogP contribution in [-0.2, 0) is 21.0 Å². The molecule has 0 aromatic heterocycles. The van der Waals surface area contributed by atoms with Crippen molar-refractivity contribution in [3.8, 4) is 0 Å². The molecule has 0 saturated carbocycles. The van der Waals surface area contributed by atoms with Gasteiger partial charge in [0.15, 0.2) is 0 Å². The van der Waals surface area contributed by atoms with E-state index in [0.29, 0.717) is 10.4 Å². The number of hydrogen-bond donors (Lipinski definition) is 1. The third-order valence-electron chi connectivity index (χ3n) is 4.26. The Balaban J connectivity index is 2.37. The molecule has 158 valence electrons. The number of alkyl halides is 3. The molecule has 1 N–H and O–H groups in total. The van der Waals surface area contributed by atoms with Crippen LogP contribution < -0.4 is 9.62 Å². The van der Waals surface area contributed by atoms with Crippen LogP contribution in [0.5, 0.6) is 0 Å². The molecule has 2 atom stereocenters. The van der Waals surface area contributed by atoms with Gasteiger partial charge in [0.25, 0.3) is 0 Å². The Bertz CT molecular complexity index is 982. The zero-order chi connectivity index (χ0) is 22.0. The molecule has 5 nitrogen and oxygen atoms in total. The molecule has 0 bridgehead atoms. The molecule has 2 aromatic carbocycles. The van der Waals surface area contributed by atoms with Crippen LogP contribution in [0.3, 0.4) is 0 Å². The van der Waals surface area contributed by atoms with Gasteiger partial charge in [-0.3, -0.25) is 9.10 Å². The van der Waals surface area contributed by atoms with E-state index in [1.807, 2.05) is 6.07 Å². The first-order chi connectivity index (χ1) is 13.3. The predicted octanol–water partition coefficient (Wildman–Crippen LogP) is 4.39. The van der Waals surface area contributed by atoms with E-state index in [4.69, 9.17) is 11.6 Å². The molecule has 0 spiro atoms. The van der Waals surface area contributed by atoms with Gasteiger partial charge in [-0.2, -0.15) is 13.2 Å². The van der Waals surface area contributed by atoms with Crippen LogP contribution in [0.4, 0.5) is 18.9 Å². The fourth-order valence-corrected chi connectivity index (χ4v) is 4.23. The standard InChI is InChI=1S/C19H20ClF3N2O3S/c1-12(14-7-5-4-6-8-14)24-18(26)13(2)25(29(3,27)28)15-9-10-17(20)16(11-15)19(21,22)23/h4-13H,1-3H3,(H,24,26)/t12-,13-/m0/s1. The van der Waals surface area contributed by atoms with Crippen LogP contribution in [0.1, 0.15) is 31.0 Å². The van der Waals surface area contributed by atoms with Gasteiger partial charge in [-0.05, 0) is 37.6 Å². The number of carbonyl (C=O) groups is 1. The summed E-state index contributed by atoms with van der Waals surface area (Å²) in [6.45, 7) is 3.02. The lowest BCUT2D eigenvalue weighted by Gasteiger charge is -2.30. The number of sulfonamides is 1. The van der Waals surface area contributed by atoms with Gasteiger partial charge in [0.2, 0.25) is 15.9 Å². The lowest BCUT2D eigenvalue weighted by Crippen LogP contribution is -2.48. The van der Waals surface area contributed by atoms with E-state index >= 15 is 0 Å². The minimum Gasteiger partial charge on any atom is -0.348 e. The first kappa shape index (κ1) is 23.0. The summed E-state index contributed by atoms with van der Waals surface area (Å²) in [6.07, 6.45) is -3.96. The van der Waals surface area contributed by atoms with Crippen molar-refractivity contribution in [2.45, 2.75) is 32.1 Å². The van der Waals surface area contributed by atoms with Crippen molar-refractivity contribution in [2.24, 2.45) is 0 Å². The van der Waals surface area contributed by atoms with Gasteiger partial charge in [-0.1, -0.05) is 41.9 Å². The summed E-state index contributed by atoms with van der Waals surface area (Å²) in [5.41, 5.74) is -0.695. The third-order valence-corrected chi connectivity index (χ3v) is 5.83. The average molecular weight is 449 g/mol. The molecule has 0 unspecified atom stereocenters. The van der Waals surface area contributed by atoms with Crippen molar-refractivity contribution in [2.75, 3.05) is 10.6 Å². The van der Waals surface area contributed by atoms with Crippen LogP contribution in [-0.4, -0.2) is 26.6 Å². The maximum absolute atomic E-state index is 13.2. The molecule has 0 radical (unpaired) electrons. The Kier molecular flexibility index (Phi) is 6.85. The fraction of sp³-hybridized carbons (Fsp3) is 0.316. The lowest BCUT2D eigenvalue weighted by molar-refractivity contribution is -0.137. The molecule has 0 saturated heterocycles. The van der Waals surface area contributed by atoms with Crippen molar-refractivity contribution >= 4 is 33.2 Å². The summed E-state index contributed by atoms with van der Waals surface area (Å²) in [5.74, 6) is -0.657. The Morgan fingerprint density at radius 3 is 2.21 bits per heavy atom. The van der Waals surface area contributed by atoms with Gasteiger partial charge < -0.3 is 5.32 Å². The molecule has 2 aromatic rings. The number of rotatable bonds is 6. The normalized spacial score (nSPS) is 14.2. The molecule has 0 heterocycles. The molecular weight excluding hydrogens is 429 g/mol. The number of halogens is 4. The Morgan fingerprint density at radius 2 is 1.69 bits per heavy atom. The van der Waals surface area contributed by atoms with E-state index in [9.17, 15) is 26.4 Å². The van der Waals surface area contributed by atoms with E-state index in [1.54, 1.807) is 31.2 Å². The van der Waals surface area contributed by atoms with E-state index < -0.39 is 44.8 Å². The number of hydrogen-bond acceptors (Lipinski definition) is 3. The Morgan fingerprint density at radius 1 is 1.10 bits per heavy atom. The third kappa shape index (κ3) is 5.63. The van der Waals surface area contributed by atoms with E-state index in [1.165, 1.54) is 6.92 Å². The minimum atomic E-state index is -4.77. The number of carbonyl (C=O) groups excluding carboxylic acids is 1. The number of amides is 1. The molecule has 0 aliphatic rings. The zero-order valence-corrected chi connectivity index (χ0v) is 17.4. The Labute approximate surface area is 172 Å². The molecule has 10 heteroatoms. The topological polar surface area (TPSA) is 66.5 Å². The summed E-state index contributed by atoms with van der Waals surface area (Å²) in [5, 5.41) is 2.12. The molecule has 2 rings (SSSR count). The summed E-state index contributed by atoms with van der Waals surface area (Å²) < 4.78 is 64.8. The largest absolute Gasteiger partial charge is 0.417 e. The second-order valence-electron chi connectivity index (χ2n) is 6.54. The monoisotopic (exact) mass is 448 g/mol. The highest BCUT2D eigenvalue weighted by molar-refractivity contribution is 7.92. The van der Waals surface area contributed by atoms with Crippen LogP contribution in [0.25, 0.3) is 0 Å². The number of nitrogens with zero attached hydrogens (tertiary/aromatic N) is 1. The van der Waals surface area contributed by atoms with Crippen molar-refractivity contribution in [1.82, 2.24) is 5.32 Å². The van der Waals surface area contributed by atoms with Crippen molar-refractivity contribution in [3.63, 3.8) is 0 Å². The van der Waals surface area contributed by atoms with Gasteiger partial charge in [-0.25, -0.2) is 8.42 Å². The molecule has 1 amide bonds. The zero-order valence-electron chi connectivity index (χ0n) is 15.9. The second kappa shape index (κ2) is 8.62. The van der Waals surface area contributed by atoms with E-state index in [-0.39, 0.29) is 5.69 Å². The van der Waals surface area contributed by atoms with Crippen LogP contribution in [0.2, 0.25) is 5.02 Å². The van der Waals surface area contributed by atoms with Gasteiger partial charge >= 0.3 is 6.18 Å². The SMILES string of the molecule is C[C@H](NC(=O)[C@H](C)N(c1ccc(Cl)c(C(F)(F)F)c1)S(C)(=O)=O)c1ccccc1. The molecule has 29 heavy (non-hydrogen) atoms. The number of benzene rings is 2. The Hall–Kier alpha value is -2.26. The average Bonchev–Trinajstić information content (AvgIpc) is 2.61. The second-order valence-corrected chi connectivity index (χ2v) is 8.80. The van der Waals surface area contributed by atoms with Gasteiger partial charge in [0.1, 0.15) is 6.04 Å². The smallest absolute Gasteiger partial charge is 0.348 e. The van der Waals surface area contributed by atoms with E-state index in [0.717, 1.165) is 24.0 Å². The molecule has 0 fully saturated rings. The fourth-order valence-electron chi connectivity index (χ4n) is 2.84. The molecule has 0 aliphatic carbocycles. The summed E-state index contributed by atoms with van der Waals surface area (Å²) in [7, 11) is -4.08. The summed E-state index contributed by atoms with van der Waals surface area (Å²) in [4.78, 5) is 12.7. The maximum atomic E-state index is 13.2. The minimum absolute atomic E-state index is 0.306. The van der Waals surface area contributed by atoms with Gasteiger partial charge in [0.05, 0.1) is 28.6 Å². The quantitative estimate of drug-likeness (QED) is 0.712. The number of nitrogens with one attached hydrogen (secondary N) is 1. The van der Waals surface area contributed by atoms with Crippen LogP contribution in [0.15, 0.2) is 48.5 Å². The molecular formula is C19H20ClF3N2O3S. The first-order valence-corrected chi connectivity index (χ1v) is 10.8. The first-order valence-electron chi connectivity index (χ1n) is 8.54. The lowest BCUT2D eigenvalue weighted by atomic mass is 10.1. The predicted molar refractivity (Wildman–Crippen MR) is 106 cm³/mol. The maximum Gasteiger partial charge on any atom is 0.417 e. The van der Waals surface area contributed by atoms with Crippen LogP contribution >= 0.6 is 11.6 Å². The summed E-state index contributed by atoms with van der Waals surface area (Å²) in [6, 6.07) is 9.95. The van der Waals surface area contributed by atoms with E-state index in [2.05, 4.69) is 5.32 Å². The van der Waals surface area contributed by atoms with Crippen molar-refractivity contribution < 1.29 is 26.4 Å². The van der Waals surface area contributed by atoms with Crippen LogP contribution in [0, 0.1) is 0 Å². The van der Waals surface area contributed by atoms with Gasteiger partial charge in [0, 0.05) is 0 Å². The highest BCUT2D eigenvalue weighted by Crippen LogP contribution is 2.37. The van der Waals surface area contributed by atoms with Crippen molar-refractivity contribution in [3.05, 3.63) is 64.7 Å². The van der Waals surface area contributed by atoms with Crippen molar-refractivity contribution in [1.29, 1.82) is 0 Å².